The van der Waals surface area contributed by atoms with Crippen LogP contribution in [0.4, 0.5) is 8.78 Å². The van der Waals surface area contributed by atoms with E-state index < -0.39 is 11.6 Å². The van der Waals surface area contributed by atoms with Crippen LogP contribution >= 0.6 is 0 Å². The molecular weight excluding hydrogens is 220 g/mol. The van der Waals surface area contributed by atoms with Crippen molar-refractivity contribution in [3.63, 3.8) is 0 Å². The van der Waals surface area contributed by atoms with E-state index in [4.69, 9.17) is 0 Å². The van der Waals surface area contributed by atoms with Crippen LogP contribution in [0.25, 0.3) is 0 Å². The number of hydrogen-bond acceptors (Lipinski definition) is 1. The van der Waals surface area contributed by atoms with Gasteiger partial charge in [0.25, 0.3) is 0 Å². The molecule has 0 amide bonds. The summed E-state index contributed by atoms with van der Waals surface area (Å²) in [6.07, 6.45) is 2.27. The van der Waals surface area contributed by atoms with Gasteiger partial charge >= 0.3 is 0 Å². The Balaban J connectivity index is 2.57. The molecule has 1 nitrogen and oxygen atoms in total. The van der Waals surface area contributed by atoms with Crippen LogP contribution in [-0.4, -0.2) is 6.54 Å². The summed E-state index contributed by atoms with van der Waals surface area (Å²) in [5, 5.41) is 3.36. The number of halogens is 2. The van der Waals surface area contributed by atoms with E-state index in [0.717, 1.165) is 24.9 Å². The number of rotatable bonds is 6. The van der Waals surface area contributed by atoms with Gasteiger partial charge in [-0.05, 0) is 37.1 Å². The van der Waals surface area contributed by atoms with Gasteiger partial charge in [-0.15, -0.1) is 0 Å². The zero-order chi connectivity index (χ0) is 12.8. The van der Waals surface area contributed by atoms with Crippen molar-refractivity contribution in [1.29, 1.82) is 0 Å². The van der Waals surface area contributed by atoms with Crippen LogP contribution in [0.1, 0.15) is 45.2 Å². The van der Waals surface area contributed by atoms with Crippen LogP contribution in [-0.2, 0) is 0 Å². The molecule has 96 valence electrons. The summed E-state index contributed by atoms with van der Waals surface area (Å²) in [5.41, 5.74) is 0.787. The third kappa shape index (κ3) is 4.08. The lowest BCUT2D eigenvalue weighted by Crippen LogP contribution is -2.25. The minimum atomic E-state index is -0.791. The molecule has 1 aromatic rings. The highest BCUT2D eigenvalue weighted by atomic mass is 19.2. The monoisotopic (exact) mass is 241 g/mol. The predicted octanol–water partition coefficient (Wildman–Crippen LogP) is 4.05. The third-order valence-corrected chi connectivity index (χ3v) is 3.31. The molecule has 0 saturated heterocycles. The number of benzene rings is 1. The molecule has 0 fully saturated rings. The van der Waals surface area contributed by atoms with E-state index in [1.807, 2.05) is 6.92 Å². The molecule has 0 bridgehead atoms. The first-order valence-electron chi connectivity index (χ1n) is 6.26. The molecule has 0 spiro atoms. The van der Waals surface area contributed by atoms with E-state index in [2.05, 4.69) is 19.2 Å². The molecule has 0 saturated carbocycles. The summed E-state index contributed by atoms with van der Waals surface area (Å²) >= 11 is 0. The van der Waals surface area contributed by atoms with E-state index in [0.29, 0.717) is 5.92 Å². The maximum atomic E-state index is 13.1. The Labute approximate surface area is 102 Å². The predicted molar refractivity (Wildman–Crippen MR) is 66.8 cm³/mol. The molecule has 17 heavy (non-hydrogen) atoms. The Morgan fingerprint density at radius 3 is 2.29 bits per heavy atom. The van der Waals surface area contributed by atoms with Gasteiger partial charge in [-0.2, -0.15) is 0 Å². The van der Waals surface area contributed by atoms with Gasteiger partial charge < -0.3 is 5.32 Å². The topological polar surface area (TPSA) is 12.0 Å². The SMILES string of the molecule is CCC(CC)CNC(C)c1ccc(F)c(F)c1. The van der Waals surface area contributed by atoms with Crippen LogP contribution in [0, 0.1) is 17.6 Å². The van der Waals surface area contributed by atoms with Crippen molar-refractivity contribution in [3.05, 3.63) is 35.4 Å². The lowest BCUT2D eigenvalue weighted by Gasteiger charge is -2.19. The van der Waals surface area contributed by atoms with Crippen LogP contribution in [0.2, 0.25) is 0 Å². The van der Waals surface area contributed by atoms with Crippen molar-refractivity contribution in [3.8, 4) is 0 Å². The zero-order valence-electron chi connectivity index (χ0n) is 10.8. The standard InChI is InChI=1S/C14H21F2N/c1-4-11(5-2)9-17-10(3)12-6-7-13(15)14(16)8-12/h6-8,10-11,17H,4-5,9H2,1-3H3. The smallest absolute Gasteiger partial charge is 0.159 e. The summed E-state index contributed by atoms with van der Waals surface area (Å²) in [6.45, 7) is 7.21. The molecule has 1 N–H and O–H groups in total. The Morgan fingerprint density at radius 1 is 1.12 bits per heavy atom. The van der Waals surface area contributed by atoms with Gasteiger partial charge in [0, 0.05) is 6.04 Å². The van der Waals surface area contributed by atoms with E-state index >= 15 is 0 Å². The van der Waals surface area contributed by atoms with Crippen LogP contribution in [0.3, 0.4) is 0 Å². The van der Waals surface area contributed by atoms with E-state index in [-0.39, 0.29) is 6.04 Å². The van der Waals surface area contributed by atoms with E-state index in [1.165, 1.54) is 12.1 Å². The van der Waals surface area contributed by atoms with Gasteiger partial charge in [-0.1, -0.05) is 32.8 Å². The first-order chi connectivity index (χ1) is 8.08. The first kappa shape index (κ1) is 14.1. The molecule has 3 heteroatoms. The molecule has 0 aromatic heterocycles. The molecule has 1 rings (SSSR count). The number of hydrogen-bond donors (Lipinski definition) is 1. The summed E-state index contributed by atoms with van der Waals surface area (Å²) in [6, 6.07) is 4.12. The van der Waals surface area contributed by atoms with E-state index in [1.54, 1.807) is 6.07 Å². The maximum Gasteiger partial charge on any atom is 0.159 e. The molecule has 0 heterocycles. The Bertz CT molecular complexity index is 348. The second-order valence-electron chi connectivity index (χ2n) is 4.49. The van der Waals surface area contributed by atoms with Gasteiger partial charge in [0.05, 0.1) is 0 Å². The maximum absolute atomic E-state index is 13.1. The highest BCUT2D eigenvalue weighted by molar-refractivity contribution is 5.20. The summed E-state index contributed by atoms with van der Waals surface area (Å²) in [4.78, 5) is 0. The molecule has 0 aliphatic rings. The molecular formula is C14H21F2N. The summed E-state index contributed by atoms with van der Waals surface area (Å²) < 4.78 is 25.9. The van der Waals surface area contributed by atoms with Crippen molar-refractivity contribution in [2.45, 2.75) is 39.7 Å². The Kier molecular flexibility index (Phi) is 5.56. The van der Waals surface area contributed by atoms with Crippen LogP contribution < -0.4 is 5.32 Å². The second-order valence-corrected chi connectivity index (χ2v) is 4.49. The molecule has 0 aliphatic carbocycles. The average molecular weight is 241 g/mol. The quantitative estimate of drug-likeness (QED) is 0.792. The van der Waals surface area contributed by atoms with Gasteiger partial charge in [-0.3, -0.25) is 0 Å². The second kappa shape index (κ2) is 6.70. The van der Waals surface area contributed by atoms with Gasteiger partial charge in [0.15, 0.2) is 11.6 Å². The average Bonchev–Trinajstić information content (AvgIpc) is 2.33. The first-order valence-corrected chi connectivity index (χ1v) is 6.26. The molecule has 0 radical (unpaired) electrons. The minimum absolute atomic E-state index is 0.0469. The summed E-state index contributed by atoms with van der Waals surface area (Å²) in [7, 11) is 0. The fourth-order valence-corrected chi connectivity index (χ4v) is 1.82. The molecule has 0 aliphatic heterocycles. The number of nitrogens with one attached hydrogen (secondary N) is 1. The van der Waals surface area contributed by atoms with Crippen molar-refractivity contribution in [1.82, 2.24) is 5.32 Å². The van der Waals surface area contributed by atoms with Crippen molar-refractivity contribution < 1.29 is 8.78 Å². The lowest BCUT2D eigenvalue weighted by molar-refractivity contribution is 0.420. The van der Waals surface area contributed by atoms with Crippen LogP contribution in [0.15, 0.2) is 18.2 Å². The van der Waals surface area contributed by atoms with E-state index in [9.17, 15) is 8.78 Å². The minimum Gasteiger partial charge on any atom is -0.310 e. The van der Waals surface area contributed by atoms with Crippen molar-refractivity contribution in [2.24, 2.45) is 5.92 Å². The third-order valence-electron chi connectivity index (χ3n) is 3.31. The largest absolute Gasteiger partial charge is 0.310 e. The highest BCUT2D eigenvalue weighted by Gasteiger charge is 2.10. The molecule has 1 atom stereocenters. The Morgan fingerprint density at radius 2 is 1.76 bits per heavy atom. The van der Waals surface area contributed by atoms with Gasteiger partial charge in [0.2, 0.25) is 0 Å². The molecule has 1 unspecified atom stereocenters. The van der Waals surface area contributed by atoms with Crippen molar-refractivity contribution >= 4 is 0 Å². The Hall–Kier alpha value is -0.960. The fraction of sp³-hybridized carbons (Fsp3) is 0.571. The normalized spacial score (nSPS) is 13.1. The highest BCUT2D eigenvalue weighted by Crippen LogP contribution is 2.17. The zero-order valence-corrected chi connectivity index (χ0v) is 10.8. The molecule has 1 aromatic carbocycles. The lowest BCUT2D eigenvalue weighted by atomic mass is 10.0. The fourth-order valence-electron chi connectivity index (χ4n) is 1.82. The summed E-state index contributed by atoms with van der Waals surface area (Å²) in [5.74, 6) is -0.928. The van der Waals surface area contributed by atoms with Crippen LogP contribution in [0.5, 0.6) is 0 Å². The van der Waals surface area contributed by atoms with Crippen molar-refractivity contribution in [2.75, 3.05) is 6.54 Å². The van der Waals surface area contributed by atoms with Gasteiger partial charge in [0.1, 0.15) is 0 Å². The van der Waals surface area contributed by atoms with Gasteiger partial charge in [-0.25, -0.2) is 8.78 Å².